The van der Waals surface area contributed by atoms with Gasteiger partial charge in [0.1, 0.15) is 17.4 Å². The fraction of sp³-hybridized carbons (Fsp3) is 0.143. The molecule has 0 unspecified atom stereocenters. The van der Waals surface area contributed by atoms with Crippen molar-refractivity contribution in [1.82, 2.24) is 0 Å². The van der Waals surface area contributed by atoms with Gasteiger partial charge in [-0.05, 0) is 111 Å². The third-order valence-electron chi connectivity index (χ3n) is 7.26. The van der Waals surface area contributed by atoms with E-state index in [0.717, 1.165) is 25.7 Å². The first-order valence-corrected chi connectivity index (χ1v) is 15.9. The number of phenols is 1. The topological polar surface area (TPSA) is 54.4 Å². The first-order valence-electron chi connectivity index (χ1n) is 13.5. The molecule has 0 bridgehead atoms. The zero-order chi connectivity index (χ0) is 32.0. The minimum atomic E-state index is -0.362. The van der Waals surface area contributed by atoms with E-state index < -0.39 is 0 Å². The first kappa shape index (κ1) is 31.8. The van der Waals surface area contributed by atoms with Crippen molar-refractivity contribution in [3.8, 4) is 5.75 Å². The monoisotopic (exact) mass is 666 g/mol. The Kier molecular flexibility index (Phi) is 8.96. The highest BCUT2D eigenvalue weighted by Crippen LogP contribution is 2.40. The zero-order valence-corrected chi connectivity index (χ0v) is 27.5. The number of halogens is 4. The summed E-state index contributed by atoms with van der Waals surface area (Å²) < 4.78 is 28.6. The Morgan fingerprint density at radius 1 is 0.614 bits per heavy atom. The van der Waals surface area contributed by atoms with Crippen LogP contribution in [0.25, 0.3) is 20.2 Å². The fourth-order valence-electron chi connectivity index (χ4n) is 5.28. The van der Waals surface area contributed by atoms with E-state index in [1.54, 1.807) is 39.8 Å². The number of aromatic hydroxyl groups is 1. The van der Waals surface area contributed by atoms with Crippen LogP contribution in [0.4, 0.5) is 8.78 Å². The molecule has 6 rings (SSSR count). The van der Waals surface area contributed by atoms with Gasteiger partial charge in [-0.2, -0.15) is 0 Å². The lowest BCUT2D eigenvalue weighted by atomic mass is 9.98. The summed E-state index contributed by atoms with van der Waals surface area (Å²) >= 11 is 15.3. The number of phenolic OH excluding ortho intramolecular Hbond substituents is 1. The van der Waals surface area contributed by atoms with Crippen molar-refractivity contribution in [3.05, 3.63) is 131 Å². The van der Waals surface area contributed by atoms with Crippen molar-refractivity contribution < 1.29 is 23.5 Å². The van der Waals surface area contributed by atoms with E-state index in [2.05, 4.69) is 0 Å². The standard InChI is InChI=1S/C18H14ClFOS.C17H12ClFO2S/c1-9-4-5-13-14(6-9)22-18(16(13)19)17(21)15-10(2)7-12(20)8-11(15)3;1-8-5-10(19)6-9(2)14(8)16(21)17-15(18)12-4-3-11(20)7-13(12)22-17/h4-8H,1-3H3;3-7,20H,1-2H3. The van der Waals surface area contributed by atoms with Gasteiger partial charge in [0.2, 0.25) is 11.6 Å². The summed E-state index contributed by atoms with van der Waals surface area (Å²) in [5, 5.41) is 12.0. The molecule has 224 valence electrons. The van der Waals surface area contributed by atoms with Crippen LogP contribution in [0.2, 0.25) is 10.0 Å². The molecule has 1 N–H and O–H groups in total. The highest BCUT2D eigenvalue weighted by molar-refractivity contribution is 7.22. The quantitative estimate of drug-likeness (QED) is 0.190. The molecule has 44 heavy (non-hydrogen) atoms. The van der Waals surface area contributed by atoms with Crippen LogP contribution in [-0.4, -0.2) is 16.7 Å². The summed E-state index contributed by atoms with van der Waals surface area (Å²) in [5.41, 5.74) is 4.56. The van der Waals surface area contributed by atoms with Gasteiger partial charge in [0.05, 0.1) is 19.8 Å². The molecular formula is C35H26Cl2F2O3S2. The highest BCUT2D eigenvalue weighted by atomic mass is 35.5. The van der Waals surface area contributed by atoms with Gasteiger partial charge in [0, 0.05) is 31.3 Å². The zero-order valence-electron chi connectivity index (χ0n) is 24.4. The molecule has 9 heteroatoms. The summed E-state index contributed by atoms with van der Waals surface area (Å²) in [5.74, 6) is -0.929. The number of benzene rings is 4. The predicted molar refractivity (Wildman–Crippen MR) is 179 cm³/mol. The maximum atomic E-state index is 13.4. The van der Waals surface area contributed by atoms with Crippen LogP contribution >= 0.6 is 45.9 Å². The number of carbonyl (C=O) groups excluding carboxylic acids is 2. The van der Waals surface area contributed by atoms with Crippen molar-refractivity contribution >= 4 is 77.6 Å². The van der Waals surface area contributed by atoms with E-state index in [4.69, 9.17) is 23.2 Å². The Balaban J connectivity index is 0.000000175. The van der Waals surface area contributed by atoms with Crippen molar-refractivity contribution in [2.75, 3.05) is 0 Å². The Morgan fingerprint density at radius 2 is 1.00 bits per heavy atom. The predicted octanol–water partition coefficient (Wildman–Crippen LogP) is 11.1. The molecule has 6 aromatic rings. The Hall–Kier alpha value is -3.62. The number of ketones is 2. The van der Waals surface area contributed by atoms with Crippen LogP contribution in [-0.2, 0) is 0 Å². The highest BCUT2D eigenvalue weighted by Gasteiger charge is 2.23. The number of aryl methyl sites for hydroxylation is 5. The lowest BCUT2D eigenvalue weighted by Gasteiger charge is -2.08. The van der Waals surface area contributed by atoms with Gasteiger partial charge >= 0.3 is 0 Å². The van der Waals surface area contributed by atoms with Gasteiger partial charge in [-0.3, -0.25) is 9.59 Å². The van der Waals surface area contributed by atoms with Crippen LogP contribution < -0.4 is 0 Å². The number of carbonyl (C=O) groups is 2. The number of rotatable bonds is 4. The van der Waals surface area contributed by atoms with Gasteiger partial charge < -0.3 is 5.11 Å². The Labute approximate surface area is 271 Å². The third-order valence-corrected chi connectivity index (χ3v) is 10.6. The van der Waals surface area contributed by atoms with Crippen molar-refractivity contribution in [3.63, 3.8) is 0 Å². The van der Waals surface area contributed by atoms with Crippen molar-refractivity contribution in [2.24, 2.45) is 0 Å². The number of thiophene rings is 2. The summed E-state index contributed by atoms with van der Waals surface area (Å²) in [7, 11) is 0. The molecule has 0 saturated carbocycles. The molecule has 2 heterocycles. The van der Waals surface area contributed by atoms with Gasteiger partial charge in [-0.1, -0.05) is 35.3 Å². The van der Waals surface area contributed by atoms with Gasteiger partial charge in [0.25, 0.3) is 0 Å². The Bertz CT molecular complexity index is 1930. The molecule has 3 nitrogen and oxygen atoms in total. The van der Waals surface area contributed by atoms with Crippen molar-refractivity contribution in [2.45, 2.75) is 34.6 Å². The number of hydrogen-bond acceptors (Lipinski definition) is 5. The minimum absolute atomic E-state index is 0.124. The Morgan fingerprint density at radius 3 is 1.43 bits per heavy atom. The van der Waals surface area contributed by atoms with Gasteiger partial charge in [0.15, 0.2) is 0 Å². The van der Waals surface area contributed by atoms with Crippen LogP contribution in [0.3, 0.4) is 0 Å². The summed E-state index contributed by atoms with van der Waals surface area (Å²) in [6.45, 7) is 8.90. The molecule has 0 atom stereocenters. The molecule has 4 aromatic carbocycles. The van der Waals surface area contributed by atoms with Crippen LogP contribution in [0, 0.1) is 46.3 Å². The molecule has 0 aliphatic heterocycles. The SMILES string of the molecule is Cc1cc(F)cc(C)c1C(=O)c1sc2cc(O)ccc2c1Cl.Cc1ccc2c(Cl)c(C(=O)c3c(C)cc(F)cc3C)sc2c1. The molecule has 2 aromatic heterocycles. The molecule has 0 amide bonds. The summed E-state index contributed by atoms with van der Waals surface area (Å²) in [6.07, 6.45) is 0. The number of fused-ring (bicyclic) bond motifs is 2. The second kappa shape index (κ2) is 12.4. The van der Waals surface area contributed by atoms with Crippen LogP contribution in [0.5, 0.6) is 5.75 Å². The molecular weight excluding hydrogens is 641 g/mol. The van der Waals surface area contributed by atoms with E-state index >= 15 is 0 Å². The maximum absolute atomic E-state index is 13.4. The fourth-order valence-corrected chi connectivity index (χ4v) is 8.34. The molecule has 0 aliphatic carbocycles. The minimum Gasteiger partial charge on any atom is -0.508 e. The van der Waals surface area contributed by atoms with E-state index in [9.17, 15) is 23.5 Å². The molecule has 0 saturated heterocycles. The third kappa shape index (κ3) is 6.02. The second-order valence-corrected chi connectivity index (χ2v) is 13.5. The van der Waals surface area contributed by atoms with Gasteiger partial charge in [-0.25, -0.2) is 8.78 Å². The van der Waals surface area contributed by atoms with Crippen molar-refractivity contribution in [1.29, 1.82) is 0 Å². The largest absolute Gasteiger partial charge is 0.508 e. The molecule has 0 aliphatic rings. The van der Waals surface area contributed by atoms with E-state index in [-0.39, 0.29) is 29.0 Å². The molecule has 0 fully saturated rings. The van der Waals surface area contributed by atoms with E-state index in [0.29, 0.717) is 53.2 Å². The molecule has 0 radical (unpaired) electrons. The lowest BCUT2D eigenvalue weighted by molar-refractivity contribution is 0.103. The van der Waals surface area contributed by atoms with Crippen LogP contribution in [0.15, 0.2) is 60.7 Å². The normalized spacial score (nSPS) is 11.1. The van der Waals surface area contributed by atoms with E-state index in [1.807, 2.05) is 25.1 Å². The second-order valence-electron chi connectivity index (χ2n) is 10.7. The average molecular weight is 668 g/mol. The first-order chi connectivity index (χ1) is 20.8. The average Bonchev–Trinajstić information content (AvgIpc) is 3.43. The summed E-state index contributed by atoms with van der Waals surface area (Å²) in [4.78, 5) is 26.6. The smallest absolute Gasteiger partial charge is 0.205 e. The summed E-state index contributed by atoms with van der Waals surface area (Å²) in [6, 6.07) is 16.2. The molecule has 0 spiro atoms. The lowest BCUT2D eigenvalue weighted by Crippen LogP contribution is -2.05. The van der Waals surface area contributed by atoms with E-state index in [1.165, 1.54) is 53.0 Å². The number of hydrogen-bond donors (Lipinski definition) is 1. The van der Waals surface area contributed by atoms with Gasteiger partial charge in [-0.15, -0.1) is 22.7 Å². The van der Waals surface area contributed by atoms with Crippen LogP contribution in [0.1, 0.15) is 58.3 Å². The maximum Gasteiger partial charge on any atom is 0.205 e.